The first-order chi connectivity index (χ1) is 9.22. The van der Waals surface area contributed by atoms with Gasteiger partial charge in [0.25, 0.3) is 5.91 Å². The summed E-state index contributed by atoms with van der Waals surface area (Å²) in [4.78, 5) is 16.0. The monoisotopic (exact) mass is 253 g/mol. The molecule has 3 rings (SSSR count). The normalized spacial score (nSPS) is 10.5. The van der Waals surface area contributed by atoms with Crippen LogP contribution < -0.4 is 11.1 Å². The topological polar surface area (TPSA) is 81.2 Å². The SMILES string of the molecule is Nc1cccc(C(=O)Nc2ccc3ncoc3c2)c1. The molecule has 19 heavy (non-hydrogen) atoms. The van der Waals surface area contributed by atoms with E-state index in [0.29, 0.717) is 22.5 Å². The summed E-state index contributed by atoms with van der Waals surface area (Å²) in [6, 6.07) is 12.1. The van der Waals surface area contributed by atoms with Crippen LogP contribution in [0.5, 0.6) is 0 Å². The molecule has 1 amide bonds. The number of carbonyl (C=O) groups excluding carboxylic acids is 1. The van der Waals surface area contributed by atoms with Gasteiger partial charge in [-0.05, 0) is 30.3 Å². The molecule has 94 valence electrons. The lowest BCUT2D eigenvalue weighted by molar-refractivity contribution is 0.102. The second-order valence-electron chi connectivity index (χ2n) is 4.11. The zero-order valence-corrected chi connectivity index (χ0v) is 9.96. The highest BCUT2D eigenvalue weighted by molar-refractivity contribution is 6.05. The fourth-order valence-corrected chi connectivity index (χ4v) is 1.82. The number of rotatable bonds is 2. The third-order valence-corrected chi connectivity index (χ3v) is 2.74. The molecular weight excluding hydrogens is 242 g/mol. The molecule has 3 N–H and O–H groups in total. The molecule has 0 atom stereocenters. The van der Waals surface area contributed by atoms with Crippen LogP contribution in [-0.2, 0) is 0 Å². The van der Waals surface area contributed by atoms with Gasteiger partial charge in [0.1, 0.15) is 5.52 Å². The van der Waals surface area contributed by atoms with Gasteiger partial charge in [-0.1, -0.05) is 6.07 Å². The molecule has 0 aliphatic carbocycles. The zero-order valence-electron chi connectivity index (χ0n) is 9.96. The Labute approximate surface area is 109 Å². The number of carbonyl (C=O) groups is 1. The Morgan fingerprint density at radius 3 is 2.95 bits per heavy atom. The summed E-state index contributed by atoms with van der Waals surface area (Å²) in [5, 5.41) is 2.79. The number of aromatic nitrogens is 1. The van der Waals surface area contributed by atoms with Crippen LogP contribution in [0.3, 0.4) is 0 Å². The van der Waals surface area contributed by atoms with Crippen molar-refractivity contribution in [3.8, 4) is 0 Å². The van der Waals surface area contributed by atoms with Crippen LogP contribution in [0.15, 0.2) is 53.3 Å². The molecule has 1 aromatic heterocycles. The molecule has 0 radical (unpaired) electrons. The lowest BCUT2D eigenvalue weighted by Gasteiger charge is -2.05. The Morgan fingerprint density at radius 2 is 2.11 bits per heavy atom. The number of nitrogen functional groups attached to an aromatic ring is 1. The minimum Gasteiger partial charge on any atom is -0.443 e. The summed E-state index contributed by atoms with van der Waals surface area (Å²) in [6.45, 7) is 0. The maximum absolute atomic E-state index is 12.0. The molecule has 1 heterocycles. The molecule has 0 fully saturated rings. The zero-order chi connectivity index (χ0) is 13.2. The summed E-state index contributed by atoms with van der Waals surface area (Å²) in [6.07, 6.45) is 1.37. The van der Waals surface area contributed by atoms with Crippen molar-refractivity contribution in [2.75, 3.05) is 11.1 Å². The van der Waals surface area contributed by atoms with Gasteiger partial charge in [0.15, 0.2) is 12.0 Å². The predicted octanol–water partition coefficient (Wildman–Crippen LogP) is 2.66. The highest BCUT2D eigenvalue weighted by Crippen LogP contribution is 2.18. The van der Waals surface area contributed by atoms with Gasteiger partial charge in [0.05, 0.1) is 0 Å². The fourth-order valence-electron chi connectivity index (χ4n) is 1.82. The van der Waals surface area contributed by atoms with Crippen LogP contribution in [0.25, 0.3) is 11.1 Å². The lowest BCUT2D eigenvalue weighted by Crippen LogP contribution is -2.11. The van der Waals surface area contributed by atoms with Gasteiger partial charge in [0, 0.05) is 23.0 Å². The quantitative estimate of drug-likeness (QED) is 0.688. The third-order valence-electron chi connectivity index (χ3n) is 2.74. The van der Waals surface area contributed by atoms with Crippen molar-refractivity contribution in [3.05, 3.63) is 54.4 Å². The maximum Gasteiger partial charge on any atom is 0.255 e. The molecule has 0 unspecified atom stereocenters. The Balaban J connectivity index is 1.86. The Morgan fingerprint density at radius 1 is 1.21 bits per heavy atom. The molecule has 5 heteroatoms. The largest absolute Gasteiger partial charge is 0.443 e. The number of fused-ring (bicyclic) bond motifs is 1. The number of nitrogens with zero attached hydrogens (tertiary/aromatic N) is 1. The van der Waals surface area contributed by atoms with Crippen LogP contribution in [-0.4, -0.2) is 10.9 Å². The van der Waals surface area contributed by atoms with E-state index in [1.54, 1.807) is 42.5 Å². The minimum absolute atomic E-state index is 0.217. The molecule has 0 spiro atoms. The van der Waals surface area contributed by atoms with E-state index >= 15 is 0 Å². The second kappa shape index (κ2) is 4.45. The van der Waals surface area contributed by atoms with Gasteiger partial charge >= 0.3 is 0 Å². The minimum atomic E-state index is -0.217. The summed E-state index contributed by atoms with van der Waals surface area (Å²) < 4.78 is 5.18. The number of nitrogens with two attached hydrogens (primary N) is 1. The van der Waals surface area contributed by atoms with Gasteiger partial charge in [-0.15, -0.1) is 0 Å². The number of hydrogen-bond acceptors (Lipinski definition) is 4. The molecule has 0 saturated carbocycles. The van der Waals surface area contributed by atoms with Crippen LogP contribution in [0, 0.1) is 0 Å². The standard InChI is InChI=1S/C14H11N3O2/c15-10-3-1-2-9(6-10)14(18)17-11-4-5-12-13(7-11)19-8-16-12/h1-8H,15H2,(H,17,18). The third kappa shape index (κ3) is 2.26. The number of amides is 1. The smallest absolute Gasteiger partial charge is 0.255 e. The molecule has 0 aliphatic heterocycles. The first-order valence-corrected chi connectivity index (χ1v) is 5.72. The molecular formula is C14H11N3O2. The van der Waals surface area contributed by atoms with E-state index in [2.05, 4.69) is 10.3 Å². The molecule has 0 saturated heterocycles. The van der Waals surface area contributed by atoms with Gasteiger partial charge < -0.3 is 15.5 Å². The van der Waals surface area contributed by atoms with Crippen molar-refractivity contribution in [2.45, 2.75) is 0 Å². The maximum atomic E-state index is 12.0. The predicted molar refractivity (Wildman–Crippen MR) is 72.8 cm³/mol. The van der Waals surface area contributed by atoms with Crippen LogP contribution in [0.2, 0.25) is 0 Å². The van der Waals surface area contributed by atoms with Crippen molar-refractivity contribution in [1.82, 2.24) is 4.98 Å². The molecule has 0 aliphatic rings. The van der Waals surface area contributed by atoms with Gasteiger partial charge in [-0.2, -0.15) is 0 Å². The summed E-state index contributed by atoms with van der Waals surface area (Å²) in [5.41, 5.74) is 8.74. The van der Waals surface area contributed by atoms with Crippen LogP contribution >= 0.6 is 0 Å². The van der Waals surface area contributed by atoms with E-state index in [4.69, 9.17) is 10.2 Å². The van der Waals surface area contributed by atoms with Crippen molar-refractivity contribution < 1.29 is 9.21 Å². The van der Waals surface area contributed by atoms with Crippen LogP contribution in [0.1, 0.15) is 10.4 Å². The van der Waals surface area contributed by atoms with Gasteiger partial charge in [-0.3, -0.25) is 4.79 Å². The van der Waals surface area contributed by atoms with E-state index in [1.165, 1.54) is 6.39 Å². The average Bonchev–Trinajstić information content (AvgIpc) is 2.86. The Kier molecular flexibility index (Phi) is 2.64. The van der Waals surface area contributed by atoms with Crippen LogP contribution in [0.4, 0.5) is 11.4 Å². The molecule has 2 aromatic carbocycles. The first-order valence-electron chi connectivity index (χ1n) is 5.72. The average molecular weight is 253 g/mol. The summed E-state index contributed by atoms with van der Waals surface area (Å²) >= 11 is 0. The van der Waals surface area contributed by atoms with E-state index in [9.17, 15) is 4.79 Å². The fraction of sp³-hybridized carbons (Fsp3) is 0. The Bertz CT molecular complexity index is 749. The Hall–Kier alpha value is -2.82. The number of anilines is 2. The summed E-state index contributed by atoms with van der Waals surface area (Å²) in [7, 11) is 0. The highest BCUT2D eigenvalue weighted by Gasteiger charge is 2.07. The molecule has 3 aromatic rings. The molecule has 5 nitrogen and oxygen atoms in total. The van der Waals surface area contributed by atoms with E-state index in [-0.39, 0.29) is 5.91 Å². The first kappa shape index (κ1) is 11.3. The van der Waals surface area contributed by atoms with E-state index in [1.807, 2.05) is 0 Å². The second-order valence-corrected chi connectivity index (χ2v) is 4.11. The van der Waals surface area contributed by atoms with E-state index in [0.717, 1.165) is 5.52 Å². The van der Waals surface area contributed by atoms with Gasteiger partial charge in [0.2, 0.25) is 0 Å². The van der Waals surface area contributed by atoms with Crippen molar-refractivity contribution in [1.29, 1.82) is 0 Å². The van der Waals surface area contributed by atoms with Crippen molar-refractivity contribution in [2.24, 2.45) is 0 Å². The lowest BCUT2D eigenvalue weighted by atomic mass is 10.2. The van der Waals surface area contributed by atoms with Gasteiger partial charge in [-0.25, -0.2) is 4.98 Å². The van der Waals surface area contributed by atoms with Crippen molar-refractivity contribution >= 4 is 28.4 Å². The summed E-state index contributed by atoms with van der Waals surface area (Å²) in [5.74, 6) is -0.217. The number of benzene rings is 2. The van der Waals surface area contributed by atoms with Crippen molar-refractivity contribution in [3.63, 3.8) is 0 Å². The number of oxazole rings is 1. The van der Waals surface area contributed by atoms with E-state index < -0.39 is 0 Å². The number of hydrogen-bond donors (Lipinski definition) is 2. The number of nitrogens with one attached hydrogen (secondary N) is 1. The highest BCUT2D eigenvalue weighted by atomic mass is 16.3. The molecule has 0 bridgehead atoms.